The number of nitrogens with one attached hydrogen (secondary N) is 1. The molecule has 0 atom stereocenters. The molecule has 3 rings (SSSR count). The molecule has 0 amide bonds. The van der Waals surface area contributed by atoms with Gasteiger partial charge in [-0.25, -0.2) is 0 Å². The molecule has 0 spiro atoms. The predicted octanol–water partition coefficient (Wildman–Crippen LogP) is 3.91. The largest absolute Gasteiger partial charge is 0.493 e. The van der Waals surface area contributed by atoms with Gasteiger partial charge in [0.2, 0.25) is 0 Å². The number of anilines is 2. The molecule has 9 heteroatoms. The van der Waals surface area contributed by atoms with Crippen molar-refractivity contribution in [2.45, 2.75) is 6.42 Å². The van der Waals surface area contributed by atoms with Gasteiger partial charge in [0.25, 0.3) is 0 Å². The summed E-state index contributed by atoms with van der Waals surface area (Å²) in [6.45, 7) is 5.78. The second-order valence-corrected chi connectivity index (χ2v) is 7.56. The van der Waals surface area contributed by atoms with E-state index in [1.54, 1.807) is 14.2 Å². The Morgan fingerprint density at radius 3 is 2.48 bits per heavy atom. The average Bonchev–Trinajstić information content (AvgIpc) is 2.77. The van der Waals surface area contributed by atoms with Crippen LogP contribution in [0.3, 0.4) is 0 Å². The third-order valence-electron chi connectivity index (χ3n) is 5.12. The van der Waals surface area contributed by atoms with E-state index in [1.165, 1.54) is 5.69 Å². The van der Waals surface area contributed by atoms with Crippen LogP contribution in [0.4, 0.5) is 11.4 Å². The highest BCUT2D eigenvalue weighted by Crippen LogP contribution is 2.29. The molecule has 1 fully saturated rings. The average molecular weight is 560 g/mol. The Balaban J connectivity index is 0.00000341. The van der Waals surface area contributed by atoms with Crippen molar-refractivity contribution in [3.05, 3.63) is 47.5 Å². The molecule has 0 radical (unpaired) electrons. The number of hydrogen-bond acceptors (Lipinski definition) is 5. The lowest BCUT2D eigenvalue weighted by Crippen LogP contribution is -2.46. The minimum atomic E-state index is 0. The molecule has 2 aromatic carbocycles. The van der Waals surface area contributed by atoms with E-state index in [4.69, 9.17) is 26.8 Å². The number of aliphatic imine (C=N–C) groups is 1. The molecule has 3 N–H and O–H groups in total. The molecule has 2 aromatic rings. The fourth-order valence-electron chi connectivity index (χ4n) is 3.50. The normalized spacial score (nSPS) is 14.7. The molecule has 1 heterocycles. The molecular formula is C22H31ClIN5O2. The van der Waals surface area contributed by atoms with Gasteiger partial charge in [0.1, 0.15) is 0 Å². The number of guanidine groups is 1. The first-order valence-corrected chi connectivity index (χ1v) is 10.5. The zero-order chi connectivity index (χ0) is 21.3. The summed E-state index contributed by atoms with van der Waals surface area (Å²) in [6, 6.07) is 13.6. The molecule has 0 bridgehead atoms. The van der Waals surface area contributed by atoms with Gasteiger partial charge in [0, 0.05) is 61.7 Å². The zero-order valence-corrected chi connectivity index (χ0v) is 21.1. The number of methoxy groups -OCH3 is 2. The number of piperazine rings is 1. The van der Waals surface area contributed by atoms with Gasteiger partial charge >= 0.3 is 0 Å². The monoisotopic (exact) mass is 559 g/mol. The maximum absolute atomic E-state index is 6.11. The van der Waals surface area contributed by atoms with Crippen LogP contribution >= 0.6 is 35.6 Å². The van der Waals surface area contributed by atoms with Crippen LogP contribution < -0.4 is 25.4 Å². The van der Waals surface area contributed by atoms with Crippen molar-refractivity contribution in [3.8, 4) is 11.5 Å². The Morgan fingerprint density at radius 1 is 1.06 bits per heavy atom. The van der Waals surface area contributed by atoms with Gasteiger partial charge in [-0.3, -0.25) is 9.89 Å². The number of ether oxygens (including phenoxy) is 2. The lowest BCUT2D eigenvalue weighted by atomic mass is 10.2. The molecule has 0 aromatic heterocycles. The molecule has 31 heavy (non-hydrogen) atoms. The van der Waals surface area contributed by atoms with E-state index >= 15 is 0 Å². The molecule has 1 aliphatic heterocycles. The number of rotatable bonds is 8. The molecule has 7 nitrogen and oxygen atoms in total. The highest BCUT2D eigenvalue weighted by atomic mass is 127. The second kappa shape index (κ2) is 12.8. The first-order valence-electron chi connectivity index (χ1n) is 10.1. The predicted molar refractivity (Wildman–Crippen MR) is 140 cm³/mol. The molecule has 170 valence electrons. The Morgan fingerprint density at radius 2 is 1.81 bits per heavy atom. The van der Waals surface area contributed by atoms with Crippen LogP contribution in [-0.4, -0.2) is 64.3 Å². The van der Waals surface area contributed by atoms with Gasteiger partial charge in [-0.1, -0.05) is 17.7 Å². The molecule has 0 saturated carbocycles. The smallest absolute Gasteiger partial charge is 0.193 e. The van der Waals surface area contributed by atoms with Crippen LogP contribution in [0.1, 0.15) is 6.42 Å². The highest BCUT2D eigenvalue weighted by molar-refractivity contribution is 14.0. The van der Waals surface area contributed by atoms with Crippen molar-refractivity contribution >= 4 is 52.9 Å². The van der Waals surface area contributed by atoms with Crippen molar-refractivity contribution < 1.29 is 9.47 Å². The quantitative estimate of drug-likeness (QED) is 0.221. The SMILES string of the molecule is COc1ccc(NC(N)=NCCCN2CCN(c3cccc(Cl)c3)CC2)cc1OC.I. The van der Waals surface area contributed by atoms with E-state index in [0.717, 1.165) is 49.9 Å². The third-order valence-corrected chi connectivity index (χ3v) is 5.35. The van der Waals surface area contributed by atoms with Gasteiger partial charge in [-0.05, 0) is 36.8 Å². The van der Waals surface area contributed by atoms with Crippen LogP contribution in [0.5, 0.6) is 11.5 Å². The van der Waals surface area contributed by atoms with Crippen molar-refractivity contribution in [2.75, 3.05) is 63.7 Å². The van der Waals surface area contributed by atoms with Crippen LogP contribution in [0.25, 0.3) is 0 Å². The number of halogens is 2. The summed E-state index contributed by atoms with van der Waals surface area (Å²) in [5.41, 5.74) is 8.02. The fraction of sp³-hybridized carbons (Fsp3) is 0.409. The first-order chi connectivity index (χ1) is 14.6. The van der Waals surface area contributed by atoms with Crippen molar-refractivity contribution in [1.29, 1.82) is 0 Å². The number of nitrogens with two attached hydrogens (primary N) is 1. The topological polar surface area (TPSA) is 75.4 Å². The van der Waals surface area contributed by atoms with E-state index in [2.05, 4.69) is 26.2 Å². The van der Waals surface area contributed by atoms with Gasteiger partial charge in [-0.2, -0.15) is 0 Å². The second-order valence-electron chi connectivity index (χ2n) is 7.12. The van der Waals surface area contributed by atoms with Crippen LogP contribution in [0.2, 0.25) is 5.02 Å². The first kappa shape index (κ1) is 25.4. The lowest BCUT2D eigenvalue weighted by Gasteiger charge is -2.36. The lowest BCUT2D eigenvalue weighted by molar-refractivity contribution is 0.256. The van der Waals surface area contributed by atoms with Crippen LogP contribution in [0.15, 0.2) is 47.5 Å². The maximum atomic E-state index is 6.11. The van der Waals surface area contributed by atoms with E-state index in [9.17, 15) is 0 Å². The summed E-state index contributed by atoms with van der Waals surface area (Å²) >= 11 is 6.11. The van der Waals surface area contributed by atoms with Gasteiger partial charge < -0.3 is 25.4 Å². The van der Waals surface area contributed by atoms with Crippen molar-refractivity contribution in [3.63, 3.8) is 0 Å². The van der Waals surface area contributed by atoms with E-state index in [0.29, 0.717) is 24.0 Å². The minimum absolute atomic E-state index is 0. The van der Waals surface area contributed by atoms with Gasteiger partial charge in [0.15, 0.2) is 17.5 Å². The van der Waals surface area contributed by atoms with E-state index < -0.39 is 0 Å². The number of benzene rings is 2. The Kier molecular flexibility index (Phi) is 10.5. The Bertz CT molecular complexity index is 860. The fourth-order valence-corrected chi connectivity index (χ4v) is 3.68. The maximum Gasteiger partial charge on any atom is 0.193 e. The standard InChI is InChI=1S/C22H30ClN5O2.HI/c1-29-20-8-7-18(16-21(20)30-2)26-22(24)25-9-4-10-27-11-13-28(14-12-27)19-6-3-5-17(23)15-19;/h3,5-8,15-16H,4,9-14H2,1-2H3,(H3,24,25,26);1H. The van der Waals surface area contributed by atoms with Gasteiger partial charge in [-0.15, -0.1) is 24.0 Å². The third kappa shape index (κ3) is 7.62. The molecule has 1 saturated heterocycles. The molecule has 1 aliphatic rings. The van der Waals surface area contributed by atoms with Crippen LogP contribution in [0, 0.1) is 0 Å². The van der Waals surface area contributed by atoms with Gasteiger partial charge in [0.05, 0.1) is 14.2 Å². The minimum Gasteiger partial charge on any atom is -0.493 e. The highest BCUT2D eigenvalue weighted by Gasteiger charge is 2.16. The van der Waals surface area contributed by atoms with Crippen molar-refractivity contribution in [2.24, 2.45) is 10.7 Å². The summed E-state index contributed by atoms with van der Waals surface area (Å²) in [7, 11) is 3.21. The van der Waals surface area contributed by atoms with Crippen LogP contribution in [-0.2, 0) is 0 Å². The molecular weight excluding hydrogens is 529 g/mol. The van der Waals surface area contributed by atoms with E-state index in [-0.39, 0.29) is 24.0 Å². The summed E-state index contributed by atoms with van der Waals surface area (Å²) in [5, 5.41) is 3.88. The molecule has 0 aliphatic carbocycles. The Hall–Kier alpha value is -1.91. The van der Waals surface area contributed by atoms with E-state index in [1.807, 2.05) is 36.4 Å². The van der Waals surface area contributed by atoms with Crippen molar-refractivity contribution in [1.82, 2.24) is 4.90 Å². The summed E-state index contributed by atoms with van der Waals surface area (Å²) < 4.78 is 10.5. The number of hydrogen-bond donors (Lipinski definition) is 2. The Labute approximate surface area is 206 Å². The summed E-state index contributed by atoms with van der Waals surface area (Å²) in [4.78, 5) is 9.28. The molecule has 0 unspecified atom stereocenters. The number of nitrogens with zero attached hydrogens (tertiary/aromatic N) is 3. The summed E-state index contributed by atoms with van der Waals surface area (Å²) in [5.74, 6) is 1.72. The summed E-state index contributed by atoms with van der Waals surface area (Å²) in [6.07, 6.45) is 0.964. The zero-order valence-electron chi connectivity index (χ0n) is 18.0.